The van der Waals surface area contributed by atoms with Crippen LogP contribution in [0.1, 0.15) is 18.9 Å². The summed E-state index contributed by atoms with van der Waals surface area (Å²) in [5.41, 5.74) is 1.25. The molecule has 5 heteroatoms. The van der Waals surface area contributed by atoms with Crippen LogP contribution in [0.3, 0.4) is 0 Å². The summed E-state index contributed by atoms with van der Waals surface area (Å²) in [7, 11) is 1.62. The quantitative estimate of drug-likeness (QED) is 0.542. The number of methoxy groups -OCH3 is 1. The summed E-state index contributed by atoms with van der Waals surface area (Å²) >= 11 is 1.73. The predicted octanol–water partition coefficient (Wildman–Crippen LogP) is 4.07. The smallest absolute Gasteiger partial charge is 0.261 e. The summed E-state index contributed by atoms with van der Waals surface area (Å²) in [4.78, 5) is 13.5. The minimum atomic E-state index is -0.488. The lowest BCUT2D eigenvalue weighted by molar-refractivity contribution is -0.127. The molecule has 0 aromatic heterocycles. The first-order valence-corrected chi connectivity index (χ1v) is 9.39. The first-order valence-electron chi connectivity index (χ1n) is 8.40. The molecule has 134 valence electrons. The number of benzene rings is 2. The highest BCUT2D eigenvalue weighted by atomic mass is 32.2. The van der Waals surface area contributed by atoms with Gasteiger partial charge in [0.25, 0.3) is 5.91 Å². The number of nitrogens with one attached hydrogen (secondary N) is 1. The minimum Gasteiger partial charge on any atom is -0.497 e. The number of carbonyl (C=O) groups is 1. The van der Waals surface area contributed by atoms with Gasteiger partial charge in [0, 0.05) is 17.2 Å². The maximum Gasteiger partial charge on any atom is 0.261 e. The van der Waals surface area contributed by atoms with Crippen molar-refractivity contribution in [3.8, 4) is 11.5 Å². The maximum atomic E-state index is 12.3. The van der Waals surface area contributed by atoms with Crippen molar-refractivity contribution in [2.75, 3.05) is 19.4 Å². The summed E-state index contributed by atoms with van der Waals surface area (Å²) in [5, 5.41) is 2.95. The van der Waals surface area contributed by atoms with Crippen LogP contribution >= 0.6 is 11.8 Å². The van der Waals surface area contributed by atoms with Crippen LogP contribution in [-0.2, 0) is 4.79 Å². The van der Waals surface area contributed by atoms with E-state index >= 15 is 0 Å². The molecule has 0 saturated heterocycles. The van der Waals surface area contributed by atoms with Crippen molar-refractivity contribution < 1.29 is 14.3 Å². The third kappa shape index (κ3) is 6.35. The van der Waals surface area contributed by atoms with Crippen LogP contribution in [0.5, 0.6) is 11.5 Å². The van der Waals surface area contributed by atoms with Gasteiger partial charge in [0.15, 0.2) is 6.10 Å². The molecule has 0 bridgehead atoms. The largest absolute Gasteiger partial charge is 0.497 e. The first kappa shape index (κ1) is 19.2. The van der Waals surface area contributed by atoms with E-state index in [4.69, 9.17) is 9.47 Å². The van der Waals surface area contributed by atoms with Crippen LogP contribution in [0, 0.1) is 6.92 Å². The molecule has 0 fully saturated rings. The highest BCUT2D eigenvalue weighted by molar-refractivity contribution is 7.99. The van der Waals surface area contributed by atoms with Gasteiger partial charge in [0.1, 0.15) is 11.5 Å². The standard InChI is InChI=1S/C20H25NO3S/c1-4-19(24-17-9-7-16(23-3)8-10-17)20(22)21-13-14-25-18-11-5-15(2)6-12-18/h5-12,19H,4,13-14H2,1-3H3,(H,21,22)/t19-/m1/s1. The summed E-state index contributed by atoms with van der Waals surface area (Å²) in [6.07, 6.45) is 0.126. The molecule has 2 rings (SSSR count). The lowest BCUT2D eigenvalue weighted by Gasteiger charge is -2.17. The molecule has 2 aromatic rings. The van der Waals surface area contributed by atoms with Gasteiger partial charge in [0.2, 0.25) is 0 Å². The van der Waals surface area contributed by atoms with E-state index in [1.807, 2.05) is 31.2 Å². The van der Waals surface area contributed by atoms with Crippen LogP contribution < -0.4 is 14.8 Å². The van der Waals surface area contributed by atoms with E-state index in [-0.39, 0.29) is 5.91 Å². The number of amides is 1. The van der Waals surface area contributed by atoms with Crippen molar-refractivity contribution in [1.29, 1.82) is 0 Å². The molecule has 0 aliphatic rings. The summed E-state index contributed by atoms with van der Waals surface area (Å²) < 4.78 is 10.9. The Bertz CT molecular complexity index is 656. The lowest BCUT2D eigenvalue weighted by atomic mass is 10.2. The molecule has 1 N–H and O–H groups in total. The van der Waals surface area contributed by atoms with Crippen molar-refractivity contribution >= 4 is 17.7 Å². The van der Waals surface area contributed by atoms with Crippen LogP contribution in [-0.4, -0.2) is 31.4 Å². The van der Waals surface area contributed by atoms with E-state index in [1.54, 1.807) is 18.9 Å². The van der Waals surface area contributed by atoms with Gasteiger partial charge < -0.3 is 14.8 Å². The van der Waals surface area contributed by atoms with Crippen molar-refractivity contribution in [3.05, 3.63) is 54.1 Å². The Kier molecular flexibility index (Phi) is 7.67. The van der Waals surface area contributed by atoms with E-state index < -0.39 is 6.10 Å². The number of aryl methyl sites for hydroxylation is 1. The SMILES string of the molecule is CC[C@@H](Oc1ccc(OC)cc1)C(=O)NCCSc1ccc(C)cc1. The fourth-order valence-electron chi connectivity index (χ4n) is 2.23. The molecule has 25 heavy (non-hydrogen) atoms. The molecule has 0 aliphatic carbocycles. The molecule has 0 unspecified atom stereocenters. The molecule has 0 aliphatic heterocycles. The molecular weight excluding hydrogens is 334 g/mol. The summed E-state index contributed by atoms with van der Waals surface area (Å²) in [6.45, 7) is 4.62. The van der Waals surface area contributed by atoms with E-state index in [0.29, 0.717) is 18.7 Å². The van der Waals surface area contributed by atoms with E-state index in [2.05, 4.69) is 36.5 Å². The van der Waals surface area contributed by atoms with E-state index in [9.17, 15) is 4.79 Å². The number of carbonyl (C=O) groups excluding carboxylic acids is 1. The molecule has 2 aromatic carbocycles. The highest BCUT2D eigenvalue weighted by Crippen LogP contribution is 2.19. The Hall–Kier alpha value is -2.14. The van der Waals surface area contributed by atoms with Crippen LogP contribution in [0.15, 0.2) is 53.4 Å². The van der Waals surface area contributed by atoms with Gasteiger partial charge in [-0.1, -0.05) is 24.6 Å². The minimum absolute atomic E-state index is 0.0807. The Morgan fingerprint density at radius 3 is 2.32 bits per heavy atom. The van der Waals surface area contributed by atoms with Gasteiger partial charge in [-0.25, -0.2) is 0 Å². The molecule has 1 amide bonds. The molecule has 4 nitrogen and oxygen atoms in total. The van der Waals surface area contributed by atoms with Crippen molar-refractivity contribution in [2.45, 2.75) is 31.3 Å². The number of ether oxygens (including phenoxy) is 2. The van der Waals surface area contributed by atoms with Gasteiger partial charge >= 0.3 is 0 Å². The zero-order valence-electron chi connectivity index (χ0n) is 15.0. The number of hydrogen-bond acceptors (Lipinski definition) is 4. The van der Waals surface area contributed by atoms with Gasteiger partial charge in [-0.15, -0.1) is 11.8 Å². The van der Waals surface area contributed by atoms with Gasteiger partial charge in [-0.05, 0) is 49.7 Å². The molecule has 1 atom stereocenters. The zero-order valence-corrected chi connectivity index (χ0v) is 15.8. The second-order valence-electron chi connectivity index (χ2n) is 5.64. The summed E-state index contributed by atoms with van der Waals surface area (Å²) in [5.74, 6) is 2.17. The number of rotatable bonds is 9. The van der Waals surface area contributed by atoms with Crippen LogP contribution in [0.4, 0.5) is 0 Å². The maximum absolute atomic E-state index is 12.3. The second kappa shape index (κ2) is 9.99. The van der Waals surface area contributed by atoms with Gasteiger partial charge in [0.05, 0.1) is 7.11 Å². The Balaban J connectivity index is 1.75. The van der Waals surface area contributed by atoms with Crippen molar-refractivity contribution in [1.82, 2.24) is 5.32 Å². The predicted molar refractivity (Wildman–Crippen MR) is 103 cm³/mol. The van der Waals surface area contributed by atoms with E-state index in [0.717, 1.165) is 11.5 Å². The van der Waals surface area contributed by atoms with Gasteiger partial charge in [-0.3, -0.25) is 4.79 Å². The van der Waals surface area contributed by atoms with Gasteiger partial charge in [-0.2, -0.15) is 0 Å². The number of thioether (sulfide) groups is 1. The lowest BCUT2D eigenvalue weighted by Crippen LogP contribution is -2.39. The second-order valence-corrected chi connectivity index (χ2v) is 6.81. The average Bonchev–Trinajstić information content (AvgIpc) is 2.65. The third-order valence-electron chi connectivity index (χ3n) is 3.69. The third-order valence-corrected chi connectivity index (χ3v) is 4.71. The van der Waals surface area contributed by atoms with Crippen molar-refractivity contribution in [3.63, 3.8) is 0 Å². The molecule has 0 spiro atoms. The Morgan fingerprint density at radius 1 is 1.08 bits per heavy atom. The summed E-state index contributed by atoms with van der Waals surface area (Å²) in [6, 6.07) is 15.6. The average molecular weight is 359 g/mol. The van der Waals surface area contributed by atoms with Crippen LogP contribution in [0.2, 0.25) is 0 Å². The first-order chi connectivity index (χ1) is 12.1. The molecule has 0 saturated carbocycles. The topological polar surface area (TPSA) is 47.6 Å². The fraction of sp³-hybridized carbons (Fsp3) is 0.350. The Morgan fingerprint density at radius 2 is 1.72 bits per heavy atom. The molecular formula is C20H25NO3S. The number of hydrogen-bond donors (Lipinski definition) is 1. The highest BCUT2D eigenvalue weighted by Gasteiger charge is 2.17. The van der Waals surface area contributed by atoms with E-state index in [1.165, 1.54) is 10.5 Å². The van der Waals surface area contributed by atoms with Crippen LogP contribution in [0.25, 0.3) is 0 Å². The molecule has 0 radical (unpaired) electrons. The Labute approximate surface area is 153 Å². The normalized spacial score (nSPS) is 11.6. The zero-order chi connectivity index (χ0) is 18.1. The molecule has 0 heterocycles. The monoisotopic (exact) mass is 359 g/mol. The van der Waals surface area contributed by atoms with Crippen molar-refractivity contribution in [2.24, 2.45) is 0 Å². The fourth-order valence-corrected chi connectivity index (χ4v) is 3.00.